The van der Waals surface area contributed by atoms with Gasteiger partial charge in [-0.05, 0) is 79.4 Å². The molecule has 2 atom stereocenters. The Balaban J connectivity index is 0.973. The van der Waals surface area contributed by atoms with E-state index in [1.54, 1.807) is 64.4 Å². The molecule has 4 aromatic rings. The minimum Gasteiger partial charge on any atom is -0.454 e. The molecule has 3 amide bonds. The van der Waals surface area contributed by atoms with Crippen molar-refractivity contribution in [3.63, 3.8) is 0 Å². The van der Waals surface area contributed by atoms with Gasteiger partial charge in [-0.2, -0.15) is 28.1 Å². The van der Waals surface area contributed by atoms with Crippen molar-refractivity contribution in [3.05, 3.63) is 94.5 Å². The average Bonchev–Trinajstić information content (AvgIpc) is 3.60. The Kier molecular flexibility index (Phi) is 9.38. The van der Waals surface area contributed by atoms with E-state index >= 15 is 0 Å². The first kappa shape index (κ1) is 35.0. The van der Waals surface area contributed by atoms with E-state index in [1.165, 1.54) is 0 Å². The van der Waals surface area contributed by atoms with Gasteiger partial charge in [-0.3, -0.25) is 14.4 Å². The molecule has 270 valence electrons. The zero-order valence-electron chi connectivity index (χ0n) is 27.9. The van der Waals surface area contributed by atoms with Crippen LogP contribution in [0.2, 0.25) is 5.02 Å². The third kappa shape index (κ3) is 8.04. The number of carbonyl (C=O) groups excluding carboxylic acids is 3. The summed E-state index contributed by atoms with van der Waals surface area (Å²) in [5.74, 6) is -1.38. The molecule has 3 fully saturated rings. The number of likely N-dealkylation sites (tertiary alicyclic amines) is 2. The predicted octanol–water partition coefficient (Wildman–Crippen LogP) is 5.79. The van der Waals surface area contributed by atoms with E-state index in [-0.39, 0.29) is 29.6 Å². The Labute approximate surface area is 301 Å². The van der Waals surface area contributed by atoms with Crippen molar-refractivity contribution in [1.29, 1.82) is 0 Å². The van der Waals surface area contributed by atoms with Crippen molar-refractivity contribution >= 4 is 52.6 Å². The third-order valence-corrected chi connectivity index (χ3v) is 9.65. The zero-order valence-corrected chi connectivity index (χ0v) is 28.7. The largest absolute Gasteiger partial charge is 0.454 e. The molecule has 3 N–H and O–H groups in total. The number of aromatic nitrogens is 3. The minimum atomic E-state index is -4.60. The number of anilines is 4. The molecule has 3 heterocycles. The Morgan fingerprint density at radius 1 is 0.865 bits per heavy atom. The maximum atomic E-state index is 13.4. The monoisotopic (exact) mass is 734 g/mol. The zero-order chi connectivity index (χ0) is 36.6. The number of hydrogen-bond donors (Lipinski definition) is 3. The molecule has 1 saturated carbocycles. The molecular formula is C36H34ClF3N8O4. The second-order valence-corrected chi connectivity index (χ2v) is 13.8. The molecule has 1 aromatic heterocycles. The number of nitrogens with zero attached hydrogens (tertiary/aromatic N) is 5. The molecule has 2 unspecified atom stereocenters. The molecule has 0 radical (unpaired) electrons. The Hall–Kier alpha value is -5.44. The van der Waals surface area contributed by atoms with Crippen molar-refractivity contribution in [3.8, 4) is 6.01 Å². The number of ether oxygens (including phenoxy) is 1. The van der Waals surface area contributed by atoms with Gasteiger partial charge in [0.25, 0.3) is 5.91 Å². The fourth-order valence-electron chi connectivity index (χ4n) is 6.66. The van der Waals surface area contributed by atoms with Crippen LogP contribution < -0.4 is 20.7 Å². The number of fused-ring (bicyclic) bond motifs is 1. The predicted molar refractivity (Wildman–Crippen MR) is 186 cm³/mol. The lowest BCUT2D eigenvalue weighted by Gasteiger charge is -2.22. The van der Waals surface area contributed by atoms with Gasteiger partial charge < -0.3 is 30.5 Å². The molecule has 1 aliphatic carbocycles. The lowest BCUT2D eigenvalue weighted by Crippen LogP contribution is -2.40. The SMILES string of the molecule is Cc1cccc(NC(=O)C(=O)N2CC3CN(C(=O)c4ccc(Nc5nc(NC6(c7ccc(Cl)cc7)CC6)nc(OCC(F)(F)F)n5)cc4)CC3C2)c1. The van der Waals surface area contributed by atoms with Crippen LogP contribution in [0.4, 0.5) is 36.4 Å². The maximum absolute atomic E-state index is 13.4. The molecule has 12 nitrogen and oxygen atoms in total. The second-order valence-electron chi connectivity index (χ2n) is 13.3. The molecule has 7 rings (SSSR count). The first-order valence-corrected chi connectivity index (χ1v) is 17.0. The van der Waals surface area contributed by atoms with Crippen molar-refractivity contribution < 1.29 is 32.3 Å². The van der Waals surface area contributed by atoms with E-state index < -0.39 is 36.1 Å². The first-order chi connectivity index (χ1) is 24.8. The lowest BCUT2D eigenvalue weighted by molar-refractivity contribution is -0.154. The number of hydrogen-bond acceptors (Lipinski definition) is 9. The van der Waals surface area contributed by atoms with Gasteiger partial charge in [-0.1, -0.05) is 35.9 Å². The van der Waals surface area contributed by atoms with Crippen LogP contribution in [0, 0.1) is 18.8 Å². The van der Waals surface area contributed by atoms with Gasteiger partial charge >= 0.3 is 24.0 Å². The van der Waals surface area contributed by atoms with E-state index in [0.717, 1.165) is 24.0 Å². The summed E-state index contributed by atoms with van der Waals surface area (Å²) in [6, 6.07) is 20.5. The normalized spacial score (nSPS) is 18.8. The van der Waals surface area contributed by atoms with E-state index in [2.05, 4.69) is 30.9 Å². The number of alkyl halides is 3. The number of aryl methyl sites for hydroxylation is 1. The van der Waals surface area contributed by atoms with Crippen molar-refractivity contribution in [2.75, 3.05) is 48.7 Å². The number of benzene rings is 3. The maximum Gasteiger partial charge on any atom is 0.422 e. The van der Waals surface area contributed by atoms with E-state index in [4.69, 9.17) is 16.3 Å². The summed E-state index contributed by atoms with van der Waals surface area (Å²) in [6.07, 6.45) is -3.10. The van der Waals surface area contributed by atoms with E-state index in [0.29, 0.717) is 48.1 Å². The van der Waals surface area contributed by atoms with Crippen LogP contribution in [0.15, 0.2) is 72.8 Å². The Morgan fingerprint density at radius 3 is 2.15 bits per heavy atom. The molecule has 16 heteroatoms. The summed E-state index contributed by atoms with van der Waals surface area (Å²) < 4.78 is 43.8. The van der Waals surface area contributed by atoms with Crippen LogP contribution >= 0.6 is 11.6 Å². The van der Waals surface area contributed by atoms with E-state index in [9.17, 15) is 27.6 Å². The lowest BCUT2D eigenvalue weighted by atomic mass is 10.0. The third-order valence-electron chi connectivity index (χ3n) is 9.40. The van der Waals surface area contributed by atoms with Gasteiger partial charge in [0, 0.05) is 60.0 Å². The molecule has 2 saturated heterocycles. The van der Waals surface area contributed by atoms with Crippen molar-refractivity contribution in [1.82, 2.24) is 24.8 Å². The standard InChI is InChI=1S/C36H34ClF3N8O4/c1-21-3-2-4-28(15-21)41-29(49)31(51)48-18-23-16-47(17-24(23)19-48)30(50)22-5-11-27(12-6-22)42-32-43-33(45-34(44-32)52-20-36(38,39)40)46-35(13-14-35)25-7-9-26(37)10-8-25/h2-12,15,23-24H,13-14,16-20H2,1H3,(H,41,49)(H2,42,43,44,45,46). The van der Waals surface area contributed by atoms with Crippen LogP contribution in [-0.2, 0) is 15.1 Å². The minimum absolute atomic E-state index is 0.0284. The summed E-state index contributed by atoms with van der Waals surface area (Å²) >= 11 is 6.04. The number of rotatable bonds is 9. The average molecular weight is 735 g/mol. The van der Waals surface area contributed by atoms with Gasteiger partial charge in [0.15, 0.2) is 6.61 Å². The molecule has 3 aromatic carbocycles. The summed E-state index contributed by atoms with van der Waals surface area (Å²) in [6.45, 7) is 1.99. The van der Waals surface area contributed by atoms with Crippen LogP contribution in [-0.4, -0.2) is 81.4 Å². The van der Waals surface area contributed by atoms with Gasteiger partial charge in [0.2, 0.25) is 11.9 Å². The van der Waals surface area contributed by atoms with Gasteiger partial charge in [-0.15, -0.1) is 0 Å². The highest BCUT2D eigenvalue weighted by Gasteiger charge is 2.46. The number of amides is 3. The highest BCUT2D eigenvalue weighted by atomic mass is 35.5. The number of halogens is 4. The first-order valence-electron chi connectivity index (χ1n) is 16.7. The highest BCUT2D eigenvalue weighted by molar-refractivity contribution is 6.39. The summed E-state index contributed by atoms with van der Waals surface area (Å²) in [7, 11) is 0. The molecule has 2 aliphatic heterocycles. The van der Waals surface area contributed by atoms with Gasteiger partial charge in [-0.25, -0.2) is 0 Å². The molecular weight excluding hydrogens is 701 g/mol. The summed E-state index contributed by atoms with van der Waals surface area (Å²) in [5, 5.41) is 9.44. The molecule has 0 bridgehead atoms. The van der Waals surface area contributed by atoms with Crippen LogP contribution in [0.3, 0.4) is 0 Å². The quantitative estimate of drug-likeness (QED) is 0.182. The molecule has 52 heavy (non-hydrogen) atoms. The Morgan fingerprint density at radius 2 is 1.52 bits per heavy atom. The summed E-state index contributed by atoms with van der Waals surface area (Å²) in [5.41, 5.74) is 2.85. The smallest absolute Gasteiger partial charge is 0.422 e. The van der Waals surface area contributed by atoms with Crippen LogP contribution in [0.5, 0.6) is 6.01 Å². The van der Waals surface area contributed by atoms with Gasteiger partial charge in [0.1, 0.15) is 0 Å². The highest BCUT2D eigenvalue weighted by Crippen LogP contribution is 2.48. The van der Waals surface area contributed by atoms with Crippen LogP contribution in [0.25, 0.3) is 0 Å². The fourth-order valence-corrected chi connectivity index (χ4v) is 6.78. The van der Waals surface area contributed by atoms with Crippen LogP contribution in [0.1, 0.15) is 34.3 Å². The number of nitrogens with one attached hydrogen (secondary N) is 3. The van der Waals surface area contributed by atoms with E-state index in [1.807, 2.05) is 25.1 Å². The van der Waals surface area contributed by atoms with Crippen molar-refractivity contribution in [2.24, 2.45) is 11.8 Å². The van der Waals surface area contributed by atoms with Gasteiger partial charge in [0.05, 0.1) is 5.54 Å². The molecule has 0 spiro atoms. The number of carbonyl (C=O) groups is 3. The van der Waals surface area contributed by atoms with Crippen molar-refractivity contribution in [2.45, 2.75) is 31.5 Å². The molecule has 3 aliphatic rings. The fraction of sp³-hybridized carbons (Fsp3) is 0.333. The second kappa shape index (κ2) is 13.9. The topological polar surface area (TPSA) is 142 Å². The Bertz CT molecular complexity index is 1980. The summed E-state index contributed by atoms with van der Waals surface area (Å²) in [4.78, 5) is 54.7.